The van der Waals surface area contributed by atoms with Gasteiger partial charge in [-0.3, -0.25) is 14.6 Å². The number of likely N-dealkylation sites (tertiary alicyclic amines) is 1. The van der Waals surface area contributed by atoms with Crippen LogP contribution in [-0.2, 0) is 0 Å². The van der Waals surface area contributed by atoms with E-state index in [1.807, 2.05) is 0 Å². The number of primary amides is 1. The fraction of sp³-hybridized carbons (Fsp3) is 0.235. The predicted molar refractivity (Wildman–Crippen MR) is 83.5 cm³/mol. The van der Waals surface area contributed by atoms with Crippen molar-refractivity contribution in [3.05, 3.63) is 65.0 Å². The van der Waals surface area contributed by atoms with Crippen molar-refractivity contribution < 1.29 is 23.5 Å². The van der Waals surface area contributed by atoms with Crippen LogP contribution < -0.4 is 5.73 Å². The Hall–Kier alpha value is -2.87. The number of hydrogen-bond donors (Lipinski definition) is 2. The Morgan fingerprint density at radius 2 is 2.00 bits per heavy atom. The Balaban J connectivity index is 1.92. The van der Waals surface area contributed by atoms with E-state index in [4.69, 9.17) is 5.73 Å². The highest BCUT2D eigenvalue weighted by atomic mass is 19.1. The van der Waals surface area contributed by atoms with Crippen molar-refractivity contribution in [1.82, 2.24) is 9.88 Å². The second-order valence-electron chi connectivity index (χ2n) is 5.83. The van der Waals surface area contributed by atoms with Crippen LogP contribution >= 0.6 is 0 Å². The average Bonchev–Trinajstić information content (AvgIpc) is 2.98. The molecular weight excluding hydrogens is 332 g/mol. The summed E-state index contributed by atoms with van der Waals surface area (Å²) in [4.78, 5) is 28.8. The summed E-state index contributed by atoms with van der Waals surface area (Å²) in [5.74, 6) is -2.51. The van der Waals surface area contributed by atoms with E-state index in [1.54, 1.807) is 0 Å². The average molecular weight is 347 g/mol. The van der Waals surface area contributed by atoms with E-state index in [9.17, 15) is 23.5 Å². The van der Waals surface area contributed by atoms with E-state index in [0.29, 0.717) is 0 Å². The summed E-state index contributed by atoms with van der Waals surface area (Å²) in [5, 5.41) is 9.92. The number of rotatable bonds is 3. The third-order valence-electron chi connectivity index (χ3n) is 4.12. The smallest absolute Gasteiger partial charge is 0.267 e. The Morgan fingerprint density at radius 3 is 2.64 bits per heavy atom. The standard InChI is InChI=1S/C17H15F2N3O3/c18-10-2-3-13(19)12(5-10)15-6-11(23)8-22(15)17(25)9-1-4-14(16(20)24)21-7-9/h1-5,7,11,15,23H,6,8H2,(H2,20,24)/t11-,15+/m0/s1. The number of pyridine rings is 1. The first-order valence-corrected chi connectivity index (χ1v) is 7.56. The molecule has 1 aliphatic heterocycles. The molecule has 3 rings (SSSR count). The number of aliphatic hydroxyl groups is 1. The quantitative estimate of drug-likeness (QED) is 0.877. The van der Waals surface area contributed by atoms with Gasteiger partial charge in [0.15, 0.2) is 0 Å². The number of nitrogens with two attached hydrogens (primary N) is 1. The van der Waals surface area contributed by atoms with Gasteiger partial charge in [0.25, 0.3) is 11.8 Å². The molecule has 2 heterocycles. The van der Waals surface area contributed by atoms with E-state index in [-0.39, 0.29) is 29.8 Å². The van der Waals surface area contributed by atoms with E-state index in [2.05, 4.69) is 4.98 Å². The van der Waals surface area contributed by atoms with Gasteiger partial charge >= 0.3 is 0 Å². The molecule has 25 heavy (non-hydrogen) atoms. The lowest BCUT2D eigenvalue weighted by Gasteiger charge is -2.25. The fourth-order valence-corrected chi connectivity index (χ4v) is 2.94. The molecule has 0 radical (unpaired) electrons. The number of nitrogens with zero attached hydrogens (tertiary/aromatic N) is 2. The molecule has 1 aromatic heterocycles. The van der Waals surface area contributed by atoms with Gasteiger partial charge < -0.3 is 15.7 Å². The molecule has 0 unspecified atom stereocenters. The first-order chi connectivity index (χ1) is 11.9. The maximum Gasteiger partial charge on any atom is 0.267 e. The van der Waals surface area contributed by atoms with Gasteiger partial charge in [-0.1, -0.05) is 0 Å². The van der Waals surface area contributed by atoms with Crippen LogP contribution in [0.15, 0.2) is 36.5 Å². The lowest BCUT2D eigenvalue weighted by atomic mass is 10.0. The van der Waals surface area contributed by atoms with Gasteiger partial charge in [-0.25, -0.2) is 8.78 Å². The Labute approximate surface area is 141 Å². The second kappa shape index (κ2) is 6.56. The number of amides is 2. The molecule has 0 saturated carbocycles. The third kappa shape index (κ3) is 3.34. The van der Waals surface area contributed by atoms with Crippen molar-refractivity contribution in [3.8, 4) is 0 Å². The van der Waals surface area contributed by atoms with Crippen molar-refractivity contribution in [2.45, 2.75) is 18.6 Å². The number of benzene rings is 1. The molecule has 0 bridgehead atoms. The van der Waals surface area contributed by atoms with Crippen molar-refractivity contribution in [3.63, 3.8) is 0 Å². The molecule has 1 saturated heterocycles. The molecule has 1 fully saturated rings. The number of carbonyl (C=O) groups excluding carboxylic acids is 2. The van der Waals surface area contributed by atoms with Gasteiger partial charge in [-0.15, -0.1) is 0 Å². The SMILES string of the molecule is NC(=O)c1ccc(C(=O)N2C[C@@H](O)C[C@@H]2c2cc(F)ccc2F)cn1. The van der Waals surface area contributed by atoms with Gasteiger partial charge in [-0.2, -0.15) is 0 Å². The highest BCUT2D eigenvalue weighted by Gasteiger charge is 2.37. The lowest BCUT2D eigenvalue weighted by molar-refractivity contribution is 0.0712. The summed E-state index contributed by atoms with van der Waals surface area (Å²) in [6.07, 6.45) is 0.430. The molecule has 8 heteroatoms. The summed E-state index contributed by atoms with van der Waals surface area (Å²) in [5.41, 5.74) is 5.27. The molecular formula is C17H15F2N3O3. The van der Waals surface area contributed by atoms with Gasteiger partial charge in [0.1, 0.15) is 17.3 Å². The molecule has 0 aliphatic carbocycles. The Kier molecular flexibility index (Phi) is 4.45. The van der Waals surface area contributed by atoms with Crippen LogP contribution in [0.25, 0.3) is 0 Å². The van der Waals surface area contributed by atoms with E-state index >= 15 is 0 Å². The van der Waals surface area contributed by atoms with Gasteiger partial charge in [-0.05, 0) is 36.8 Å². The zero-order valence-electron chi connectivity index (χ0n) is 13.0. The minimum atomic E-state index is -0.852. The molecule has 2 aromatic rings. The minimum Gasteiger partial charge on any atom is -0.391 e. The van der Waals surface area contributed by atoms with Crippen LogP contribution in [0.1, 0.15) is 38.9 Å². The molecule has 1 aliphatic rings. The van der Waals surface area contributed by atoms with Gasteiger partial charge in [0, 0.05) is 18.3 Å². The van der Waals surface area contributed by atoms with Gasteiger partial charge in [0.2, 0.25) is 0 Å². The molecule has 6 nitrogen and oxygen atoms in total. The highest BCUT2D eigenvalue weighted by molar-refractivity contribution is 5.96. The molecule has 1 aromatic carbocycles. The van der Waals surface area contributed by atoms with E-state index in [1.165, 1.54) is 23.2 Å². The number of hydrogen-bond acceptors (Lipinski definition) is 4. The lowest BCUT2D eigenvalue weighted by Crippen LogP contribution is -2.32. The minimum absolute atomic E-state index is 0.00531. The fourth-order valence-electron chi connectivity index (χ4n) is 2.94. The van der Waals surface area contributed by atoms with Crippen molar-refractivity contribution in [1.29, 1.82) is 0 Å². The van der Waals surface area contributed by atoms with Crippen LogP contribution in [0, 0.1) is 11.6 Å². The van der Waals surface area contributed by atoms with E-state index in [0.717, 1.165) is 18.2 Å². The van der Waals surface area contributed by atoms with Crippen molar-refractivity contribution >= 4 is 11.8 Å². The van der Waals surface area contributed by atoms with Crippen LogP contribution in [0.2, 0.25) is 0 Å². The number of carbonyl (C=O) groups is 2. The van der Waals surface area contributed by atoms with Crippen LogP contribution in [-0.4, -0.2) is 39.5 Å². The van der Waals surface area contributed by atoms with E-state index < -0.39 is 35.6 Å². The number of aromatic nitrogens is 1. The van der Waals surface area contributed by atoms with Crippen LogP contribution in [0.5, 0.6) is 0 Å². The first-order valence-electron chi connectivity index (χ1n) is 7.56. The monoisotopic (exact) mass is 347 g/mol. The number of halogens is 2. The third-order valence-corrected chi connectivity index (χ3v) is 4.12. The first kappa shape index (κ1) is 17.0. The zero-order chi connectivity index (χ0) is 18.1. The molecule has 2 amide bonds. The topological polar surface area (TPSA) is 96.5 Å². The van der Waals surface area contributed by atoms with Crippen molar-refractivity contribution in [2.75, 3.05) is 6.54 Å². The summed E-state index contributed by atoms with van der Waals surface area (Å²) in [6, 6.07) is 4.88. The van der Waals surface area contributed by atoms with Crippen LogP contribution in [0.3, 0.4) is 0 Å². The maximum absolute atomic E-state index is 14.1. The van der Waals surface area contributed by atoms with Gasteiger partial charge in [0.05, 0.1) is 17.7 Å². The highest BCUT2D eigenvalue weighted by Crippen LogP contribution is 2.35. The molecule has 3 N–H and O–H groups in total. The summed E-state index contributed by atoms with van der Waals surface area (Å²) >= 11 is 0. The number of aliphatic hydroxyl groups excluding tert-OH is 1. The molecule has 130 valence electrons. The Bertz CT molecular complexity index is 826. The largest absolute Gasteiger partial charge is 0.391 e. The molecule has 0 spiro atoms. The molecule has 2 atom stereocenters. The predicted octanol–water partition coefficient (Wildman–Crippen LogP) is 1.41. The summed E-state index contributed by atoms with van der Waals surface area (Å²) < 4.78 is 27.6. The maximum atomic E-state index is 14.1. The number of β-amino-alcohol motifs (C(OH)–C–C–N with tert-alkyl or cyclic N) is 1. The normalized spacial score (nSPS) is 19.9. The summed E-state index contributed by atoms with van der Waals surface area (Å²) in [7, 11) is 0. The second-order valence-corrected chi connectivity index (χ2v) is 5.83. The van der Waals surface area contributed by atoms with Crippen LogP contribution in [0.4, 0.5) is 8.78 Å². The van der Waals surface area contributed by atoms with Crippen molar-refractivity contribution in [2.24, 2.45) is 5.73 Å². The zero-order valence-corrected chi connectivity index (χ0v) is 13.0. The summed E-state index contributed by atoms with van der Waals surface area (Å²) in [6.45, 7) is -0.0168. The Morgan fingerprint density at radius 1 is 1.24 bits per heavy atom.